The first-order valence-corrected chi connectivity index (χ1v) is 8.11. The van der Waals surface area contributed by atoms with E-state index in [0.29, 0.717) is 0 Å². The van der Waals surface area contributed by atoms with E-state index in [2.05, 4.69) is 90.8 Å². The Hall–Kier alpha value is -3.00. The van der Waals surface area contributed by atoms with Crippen molar-refractivity contribution in [3.05, 3.63) is 94.5 Å². The van der Waals surface area contributed by atoms with Crippen LogP contribution < -0.4 is 0 Å². The molecule has 116 valence electrons. The Bertz CT molecular complexity index is 933. The molecule has 0 aromatic heterocycles. The van der Waals surface area contributed by atoms with Crippen molar-refractivity contribution in [1.29, 1.82) is 0 Å². The van der Waals surface area contributed by atoms with Gasteiger partial charge in [-0.2, -0.15) is 5.10 Å². The van der Waals surface area contributed by atoms with E-state index in [1.807, 2.05) is 6.21 Å². The van der Waals surface area contributed by atoms with Gasteiger partial charge in [-0.1, -0.05) is 72.3 Å². The molecule has 2 nitrogen and oxygen atoms in total. The maximum Gasteiger partial charge on any atom is 0.101 e. The summed E-state index contributed by atoms with van der Waals surface area (Å²) in [7, 11) is 0. The van der Waals surface area contributed by atoms with Gasteiger partial charge in [0.1, 0.15) is 5.71 Å². The fourth-order valence-electron chi connectivity index (χ4n) is 3.15. The Morgan fingerprint density at radius 2 is 1.29 bits per heavy atom. The first kappa shape index (κ1) is 14.6. The van der Waals surface area contributed by atoms with Gasteiger partial charge in [-0.15, -0.1) is 5.10 Å². The van der Waals surface area contributed by atoms with E-state index in [-0.39, 0.29) is 0 Å². The van der Waals surface area contributed by atoms with Gasteiger partial charge in [0.15, 0.2) is 0 Å². The number of fused-ring (bicyclic) bond motifs is 3. The molecular formula is C22H18N2. The first-order valence-electron chi connectivity index (χ1n) is 8.11. The summed E-state index contributed by atoms with van der Waals surface area (Å²) in [6, 6.07) is 23.1. The van der Waals surface area contributed by atoms with Crippen LogP contribution >= 0.6 is 0 Å². The molecule has 24 heavy (non-hydrogen) atoms. The summed E-state index contributed by atoms with van der Waals surface area (Å²) < 4.78 is 0. The molecule has 0 fully saturated rings. The molecule has 2 heteroatoms. The molecule has 0 amide bonds. The lowest BCUT2D eigenvalue weighted by Gasteiger charge is -2.01. The largest absolute Gasteiger partial charge is 0.158 e. The molecule has 3 aromatic rings. The van der Waals surface area contributed by atoms with Crippen LogP contribution in [0.2, 0.25) is 0 Å². The van der Waals surface area contributed by atoms with Gasteiger partial charge < -0.3 is 0 Å². The molecule has 1 aliphatic rings. The minimum absolute atomic E-state index is 0.947. The standard InChI is InChI=1S/C22H18N2/c1-15-11-12-16(2)17(13-15)14-23-24-22-20-9-5-3-7-18(20)19-8-4-6-10-21(19)22/h3-14H,1-2H3. The Labute approximate surface area is 142 Å². The molecule has 0 unspecified atom stereocenters. The summed E-state index contributed by atoms with van der Waals surface area (Å²) in [5.41, 5.74) is 9.25. The monoisotopic (exact) mass is 310 g/mol. The summed E-state index contributed by atoms with van der Waals surface area (Å²) in [5.74, 6) is 0. The molecule has 0 aliphatic heterocycles. The van der Waals surface area contributed by atoms with Gasteiger partial charge in [-0.25, -0.2) is 0 Å². The number of hydrogen-bond acceptors (Lipinski definition) is 2. The lowest BCUT2D eigenvalue weighted by molar-refractivity contribution is 1.24. The highest BCUT2D eigenvalue weighted by Crippen LogP contribution is 2.36. The van der Waals surface area contributed by atoms with Crippen LogP contribution in [-0.4, -0.2) is 11.9 Å². The van der Waals surface area contributed by atoms with Crippen molar-refractivity contribution in [2.45, 2.75) is 13.8 Å². The Kier molecular flexibility index (Phi) is 3.58. The maximum atomic E-state index is 4.56. The molecule has 0 radical (unpaired) electrons. The number of nitrogens with zero attached hydrogens (tertiary/aromatic N) is 2. The van der Waals surface area contributed by atoms with Crippen LogP contribution in [0.4, 0.5) is 0 Å². The van der Waals surface area contributed by atoms with Crippen molar-refractivity contribution in [3.8, 4) is 11.1 Å². The van der Waals surface area contributed by atoms with E-state index < -0.39 is 0 Å². The molecule has 0 saturated heterocycles. The topological polar surface area (TPSA) is 24.7 Å². The molecule has 0 atom stereocenters. The predicted molar refractivity (Wildman–Crippen MR) is 101 cm³/mol. The average molecular weight is 310 g/mol. The van der Waals surface area contributed by atoms with Crippen LogP contribution in [0.15, 0.2) is 76.9 Å². The third-order valence-electron chi connectivity index (χ3n) is 4.44. The normalized spacial score (nSPS) is 12.3. The summed E-state index contributed by atoms with van der Waals surface area (Å²) >= 11 is 0. The van der Waals surface area contributed by atoms with Crippen molar-refractivity contribution >= 4 is 11.9 Å². The van der Waals surface area contributed by atoms with E-state index in [1.54, 1.807) is 0 Å². The van der Waals surface area contributed by atoms with Gasteiger partial charge in [-0.3, -0.25) is 0 Å². The van der Waals surface area contributed by atoms with Crippen molar-refractivity contribution < 1.29 is 0 Å². The summed E-state index contributed by atoms with van der Waals surface area (Å²) in [4.78, 5) is 0. The minimum atomic E-state index is 0.947. The molecule has 1 aliphatic carbocycles. The number of rotatable bonds is 2. The number of hydrogen-bond donors (Lipinski definition) is 0. The van der Waals surface area contributed by atoms with E-state index in [4.69, 9.17) is 0 Å². The zero-order valence-corrected chi connectivity index (χ0v) is 13.8. The van der Waals surface area contributed by atoms with Gasteiger partial charge in [0, 0.05) is 11.1 Å². The predicted octanol–water partition coefficient (Wildman–Crippen LogP) is 5.16. The quantitative estimate of drug-likeness (QED) is 0.361. The van der Waals surface area contributed by atoms with E-state index in [1.165, 1.54) is 22.3 Å². The lowest BCUT2D eigenvalue weighted by atomic mass is 10.1. The Morgan fingerprint density at radius 1 is 0.708 bits per heavy atom. The second-order valence-electron chi connectivity index (χ2n) is 6.14. The Balaban J connectivity index is 1.77. The summed E-state index contributed by atoms with van der Waals surface area (Å²) in [6.45, 7) is 4.18. The third-order valence-corrected chi connectivity index (χ3v) is 4.44. The molecule has 0 heterocycles. The fraction of sp³-hybridized carbons (Fsp3) is 0.0909. The third kappa shape index (κ3) is 2.46. The zero-order valence-electron chi connectivity index (χ0n) is 13.8. The van der Waals surface area contributed by atoms with E-state index in [0.717, 1.165) is 22.4 Å². The summed E-state index contributed by atoms with van der Waals surface area (Å²) in [5, 5.41) is 8.94. The SMILES string of the molecule is Cc1ccc(C)c(C=NN=C2c3ccccc3-c3ccccc32)c1. The molecule has 0 N–H and O–H groups in total. The molecule has 0 bridgehead atoms. The highest BCUT2D eigenvalue weighted by atomic mass is 15.2. The van der Waals surface area contributed by atoms with Crippen LogP contribution in [0.25, 0.3) is 11.1 Å². The number of benzene rings is 3. The maximum absolute atomic E-state index is 4.56. The van der Waals surface area contributed by atoms with Crippen molar-refractivity contribution in [2.75, 3.05) is 0 Å². The first-order chi connectivity index (χ1) is 11.7. The van der Waals surface area contributed by atoms with Gasteiger partial charge in [0.25, 0.3) is 0 Å². The minimum Gasteiger partial charge on any atom is -0.158 e. The molecule has 0 spiro atoms. The van der Waals surface area contributed by atoms with Crippen LogP contribution in [0.1, 0.15) is 27.8 Å². The van der Waals surface area contributed by atoms with Crippen LogP contribution in [0, 0.1) is 13.8 Å². The second-order valence-corrected chi connectivity index (χ2v) is 6.14. The average Bonchev–Trinajstić information content (AvgIpc) is 2.93. The number of aryl methyl sites for hydroxylation is 2. The van der Waals surface area contributed by atoms with E-state index in [9.17, 15) is 0 Å². The molecule has 4 rings (SSSR count). The fourth-order valence-corrected chi connectivity index (χ4v) is 3.15. The van der Waals surface area contributed by atoms with Gasteiger partial charge in [0.05, 0.1) is 6.21 Å². The molecule has 0 saturated carbocycles. The van der Waals surface area contributed by atoms with Gasteiger partial charge >= 0.3 is 0 Å². The van der Waals surface area contributed by atoms with E-state index >= 15 is 0 Å². The van der Waals surface area contributed by atoms with Gasteiger partial charge in [-0.05, 0) is 36.1 Å². The van der Waals surface area contributed by atoms with Crippen LogP contribution in [0.5, 0.6) is 0 Å². The van der Waals surface area contributed by atoms with Gasteiger partial charge in [0.2, 0.25) is 0 Å². The van der Waals surface area contributed by atoms with Crippen LogP contribution in [0.3, 0.4) is 0 Å². The zero-order chi connectivity index (χ0) is 16.5. The van der Waals surface area contributed by atoms with Crippen molar-refractivity contribution in [1.82, 2.24) is 0 Å². The molecular weight excluding hydrogens is 292 g/mol. The molecule has 3 aromatic carbocycles. The Morgan fingerprint density at radius 3 is 1.92 bits per heavy atom. The lowest BCUT2D eigenvalue weighted by Crippen LogP contribution is -1.97. The smallest absolute Gasteiger partial charge is 0.101 e. The summed E-state index contributed by atoms with van der Waals surface area (Å²) in [6.07, 6.45) is 1.85. The van der Waals surface area contributed by atoms with Crippen molar-refractivity contribution in [3.63, 3.8) is 0 Å². The highest BCUT2D eigenvalue weighted by molar-refractivity contribution is 6.24. The highest BCUT2D eigenvalue weighted by Gasteiger charge is 2.23. The second kappa shape index (κ2) is 5.89. The van der Waals surface area contributed by atoms with Crippen LogP contribution in [-0.2, 0) is 0 Å². The van der Waals surface area contributed by atoms with Crippen molar-refractivity contribution in [2.24, 2.45) is 10.2 Å².